The number of nitrogens with zero attached hydrogens (tertiary/aromatic N) is 2. The first kappa shape index (κ1) is 19.4. The van der Waals surface area contributed by atoms with Crippen molar-refractivity contribution in [2.45, 2.75) is 45.8 Å². The fourth-order valence-corrected chi connectivity index (χ4v) is 3.47. The maximum Gasteiger partial charge on any atom is 0.225 e. The lowest BCUT2D eigenvalue weighted by Gasteiger charge is -2.19. The summed E-state index contributed by atoms with van der Waals surface area (Å²) in [6.07, 6.45) is 4.95. The molecule has 0 bridgehead atoms. The lowest BCUT2D eigenvalue weighted by Crippen LogP contribution is -2.34. The van der Waals surface area contributed by atoms with Crippen molar-refractivity contribution in [2.75, 3.05) is 13.1 Å². The number of amides is 1. The van der Waals surface area contributed by atoms with E-state index in [4.69, 9.17) is 4.74 Å². The Morgan fingerprint density at radius 1 is 1.44 bits per heavy atom. The third kappa shape index (κ3) is 4.69. The van der Waals surface area contributed by atoms with E-state index in [-0.39, 0.29) is 23.8 Å². The number of carbonyl (C=O) groups excluding carboxylic acids is 1. The van der Waals surface area contributed by atoms with E-state index in [0.717, 1.165) is 35.4 Å². The molecule has 2 heterocycles. The Labute approximate surface area is 161 Å². The molecule has 6 heteroatoms. The Bertz CT molecular complexity index is 786. The number of carbonyl (C=O) groups is 1. The van der Waals surface area contributed by atoms with Crippen LogP contribution in [0.15, 0.2) is 30.6 Å². The summed E-state index contributed by atoms with van der Waals surface area (Å²) in [5, 5.41) is 10.7. The van der Waals surface area contributed by atoms with Crippen LogP contribution in [0.25, 0.3) is 0 Å². The first-order valence-corrected chi connectivity index (χ1v) is 9.71. The van der Waals surface area contributed by atoms with Gasteiger partial charge in [-0.2, -0.15) is 5.10 Å². The van der Waals surface area contributed by atoms with Crippen LogP contribution in [-0.4, -0.2) is 34.9 Å². The maximum absolute atomic E-state index is 12.8. The molecule has 1 saturated heterocycles. The van der Waals surface area contributed by atoms with Crippen molar-refractivity contribution in [1.29, 1.82) is 0 Å². The van der Waals surface area contributed by atoms with E-state index in [9.17, 15) is 4.79 Å². The minimum atomic E-state index is -0.0846. The Morgan fingerprint density at radius 2 is 2.26 bits per heavy atom. The molecule has 27 heavy (non-hydrogen) atoms. The molecular formula is C21H30N4O2. The Morgan fingerprint density at radius 3 is 2.96 bits per heavy atom. The van der Waals surface area contributed by atoms with Crippen molar-refractivity contribution in [3.05, 3.63) is 47.3 Å². The van der Waals surface area contributed by atoms with Crippen LogP contribution in [0.4, 0.5) is 0 Å². The molecule has 1 unspecified atom stereocenters. The summed E-state index contributed by atoms with van der Waals surface area (Å²) >= 11 is 0. The van der Waals surface area contributed by atoms with Gasteiger partial charge in [-0.1, -0.05) is 19.1 Å². The van der Waals surface area contributed by atoms with Crippen LogP contribution in [0.3, 0.4) is 0 Å². The van der Waals surface area contributed by atoms with E-state index in [2.05, 4.69) is 42.6 Å². The van der Waals surface area contributed by atoms with Crippen LogP contribution in [0.1, 0.15) is 42.9 Å². The zero-order chi connectivity index (χ0) is 19.4. The third-order valence-corrected chi connectivity index (χ3v) is 5.28. The summed E-state index contributed by atoms with van der Waals surface area (Å²) < 4.78 is 7.84. The quantitative estimate of drug-likeness (QED) is 0.786. The molecule has 3 rings (SSSR count). The second kappa shape index (κ2) is 8.57. The van der Waals surface area contributed by atoms with Gasteiger partial charge in [-0.15, -0.1) is 0 Å². The van der Waals surface area contributed by atoms with Gasteiger partial charge >= 0.3 is 0 Å². The van der Waals surface area contributed by atoms with E-state index < -0.39 is 0 Å². The molecule has 0 aliphatic carbocycles. The zero-order valence-corrected chi connectivity index (χ0v) is 16.7. The van der Waals surface area contributed by atoms with E-state index in [0.29, 0.717) is 13.1 Å². The van der Waals surface area contributed by atoms with Crippen molar-refractivity contribution < 1.29 is 9.53 Å². The highest BCUT2D eigenvalue weighted by Gasteiger charge is 2.34. The van der Waals surface area contributed by atoms with Crippen molar-refractivity contribution in [3.8, 4) is 5.75 Å². The molecule has 0 radical (unpaired) electrons. The molecule has 1 aromatic heterocycles. The minimum Gasteiger partial charge on any atom is -0.490 e. The molecule has 6 nitrogen and oxygen atoms in total. The number of ether oxygens (including phenoxy) is 1. The highest BCUT2D eigenvalue weighted by atomic mass is 16.5. The van der Waals surface area contributed by atoms with Crippen molar-refractivity contribution in [2.24, 2.45) is 13.0 Å². The maximum atomic E-state index is 12.8. The fraction of sp³-hybridized carbons (Fsp3) is 0.524. The summed E-state index contributed by atoms with van der Waals surface area (Å²) in [6.45, 7) is 8.18. The van der Waals surface area contributed by atoms with Crippen molar-refractivity contribution in [1.82, 2.24) is 20.4 Å². The van der Waals surface area contributed by atoms with Gasteiger partial charge in [0.05, 0.1) is 18.2 Å². The SMILES string of the molecule is CCC(C)Oc1cc(C)ccc1CNC(=O)[C@H]1CNC[C@@H]1c1cnn(C)c1. The molecule has 146 valence electrons. The lowest BCUT2D eigenvalue weighted by atomic mass is 9.90. The van der Waals surface area contributed by atoms with E-state index >= 15 is 0 Å². The van der Waals surface area contributed by atoms with Gasteiger partial charge in [-0.3, -0.25) is 9.48 Å². The third-order valence-electron chi connectivity index (χ3n) is 5.28. The normalized spacial score (nSPS) is 20.4. The molecule has 1 amide bonds. The molecule has 2 aromatic rings. The number of benzene rings is 1. The first-order chi connectivity index (χ1) is 13.0. The molecule has 1 aliphatic heterocycles. The van der Waals surface area contributed by atoms with Crippen molar-refractivity contribution >= 4 is 5.91 Å². The van der Waals surface area contributed by atoms with E-state index in [1.54, 1.807) is 4.68 Å². The second-order valence-electron chi connectivity index (χ2n) is 7.48. The summed E-state index contributed by atoms with van der Waals surface area (Å²) in [6, 6.07) is 6.14. The molecule has 2 N–H and O–H groups in total. The van der Waals surface area contributed by atoms with Crippen LogP contribution in [0.5, 0.6) is 5.75 Å². The highest BCUT2D eigenvalue weighted by molar-refractivity contribution is 5.80. The standard InChI is InChI=1S/C21H30N4O2/c1-5-15(3)27-20-8-14(2)6-7-16(20)9-23-21(26)19-12-22-11-18(19)17-10-24-25(4)13-17/h6-8,10,13,15,18-19,22H,5,9,11-12H2,1-4H3,(H,23,26)/t15?,18-,19+/m1/s1. The first-order valence-electron chi connectivity index (χ1n) is 9.71. The minimum absolute atomic E-state index is 0.0731. The zero-order valence-electron chi connectivity index (χ0n) is 16.7. The summed E-state index contributed by atoms with van der Waals surface area (Å²) in [7, 11) is 1.90. The van der Waals surface area contributed by atoms with E-state index in [1.165, 1.54) is 0 Å². The molecular weight excluding hydrogens is 340 g/mol. The lowest BCUT2D eigenvalue weighted by molar-refractivity contribution is -0.125. The predicted octanol–water partition coefficient (Wildman–Crippen LogP) is 2.53. The summed E-state index contributed by atoms with van der Waals surface area (Å²) in [5.74, 6) is 1.01. The van der Waals surface area contributed by atoms with Crippen LogP contribution in [-0.2, 0) is 18.4 Å². The van der Waals surface area contributed by atoms with Gasteiger partial charge in [-0.05, 0) is 37.5 Å². The van der Waals surface area contributed by atoms with Crippen LogP contribution in [0.2, 0.25) is 0 Å². The van der Waals surface area contributed by atoms with Crippen molar-refractivity contribution in [3.63, 3.8) is 0 Å². The number of nitrogens with one attached hydrogen (secondary N) is 2. The predicted molar refractivity (Wildman–Crippen MR) is 106 cm³/mol. The topological polar surface area (TPSA) is 68.2 Å². The Hall–Kier alpha value is -2.34. The number of aromatic nitrogens is 2. The Kier molecular flexibility index (Phi) is 6.16. The van der Waals surface area contributed by atoms with Gasteiger partial charge < -0.3 is 15.4 Å². The van der Waals surface area contributed by atoms with Gasteiger partial charge in [0.1, 0.15) is 5.75 Å². The van der Waals surface area contributed by atoms with Crippen LogP contribution in [0, 0.1) is 12.8 Å². The molecule has 1 aromatic carbocycles. The van der Waals surface area contributed by atoms with E-state index in [1.807, 2.05) is 31.6 Å². The highest BCUT2D eigenvalue weighted by Crippen LogP contribution is 2.28. The van der Waals surface area contributed by atoms with Crippen LogP contribution < -0.4 is 15.4 Å². The number of hydrogen-bond donors (Lipinski definition) is 2. The average molecular weight is 370 g/mol. The molecule has 0 spiro atoms. The molecule has 0 saturated carbocycles. The number of rotatable bonds is 7. The van der Waals surface area contributed by atoms with Gasteiger partial charge in [0.25, 0.3) is 0 Å². The largest absolute Gasteiger partial charge is 0.490 e. The van der Waals surface area contributed by atoms with Gasteiger partial charge in [0, 0.05) is 44.4 Å². The summed E-state index contributed by atoms with van der Waals surface area (Å²) in [5.41, 5.74) is 3.27. The van der Waals surface area contributed by atoms with Gasteiger partial charge in [0.15, 0.2) is 0 Å². The monoisotopic (exact) mass is 370 g/mol. The van der Waals surface area contributed by atoms with Gasteiger partial charge in [0.2, 0.25) is 5.91 Å². The van der Waals surface area contributed by atoms with Gasteiger partial charge in [-0.25, -0.2) is 0 Å². The smallest absolute Gasteiger partial charge is 0.225 e. The molecule has 1 fully saturated rings. The second-order valence-corrected chi connectivity index (χ2v) is 7.48. The Balaban J connectivity index is 1.66. The summed E-state index contributed by atoms with van der Waals surface area (Å²) in [4.78, 5) is 12.8. The number of aryl methyl sites for hydroxylation is 2. The van der Waals surface area contributed by atoms with Crippen LogP contribution >= 0.6 is 0 Å². The average Bonchev–Trinajstić information content (AvgIpc) is 3.29. The fourth-order valence-electron chi connectivity index (χ4n) is 3.47. The molecule has 3 atom stereocenters. The molecule has 1 aliphatic rings. The number of hydrogen-bond acceptors (Lipinski definition) is 4.